The summed E-state index contributed by atoms with van der Waals surface area (Å²) in [6.07, 6.45) is 7.45. The first-order chi connectivity index (χ1) is 9.77. The van der Waals surface area contributed by atoms with Crippen LogP contribution in [0.15, 0.2) is 18.2 Å². The van der Waals surface area contributed by atoms with E-state index in [-0.39, 0.29) is 5.54 Å². The van der Waals surface area contributed by atoms with Gasteiger partial charge in [0.25, 0.3) is 0 Å². The molecule has 0 amide bonds. The van der Waals surface area contributed by atoms with Gasteiger partial charge in [-0.15, -0.1) is 0 Å². The summed E-state index contributed by atoms with van der Waals surface area (Å²) in [6.45, 7) is 3.21. The van der Waals surface area contributed by atoms with Gasteiger partial charge >= 0.3 is 0 Å². The Morgan fingerprint density at radius 1 is 1.20 bits per heavy atom. The summed E-state index contributed by atoms with van der Waals surface area (Å²) in [4.78, 5) is 2.67. The van der Waals surface area contributed by atoms with Crippen LogP contribution in [0.1, 0.15) is 36.8 Å². The second-order valence-corrected chi connectivity index (χ2v) is 6.29. The number of piperidine rings is 1. The first-order valence-electron chi connectivity index (χ1n) is 7.88. The van der Waals surface area contributed by atoms with E-state index < -0.39 is 0 Å². The van der Waals surface area contributed by atoms with Crippen LogP contribution in [0.4, 0.5) is 0 Å². The molecule has 20 heavy (non-hydrogen) atoms. The monoisotopic (exact) mass is 274 g/mol. The molecular formula is C17H26N2O. The summed E-state index contributed by atoms with van der Waals surface area (Å²) in [7, 11) is 1.74. The lowest BCUT2D eigenvalue weighted by atomic mass is 9.76. The van der Waals surface area contributed by atoms with Gasteiger partial charge in [0.2, 0.25) is 0 Å². The van der Waals surface area contributed by atoms with Crippen LogP contribution >= 0.6 is 0 Å². The molecule has 1 aliphatic heterocycles. The quantitative estimate of drug-likeness (QED) is 0.919. The topological polar surface area (TPSA) is 38.5 Å². The highest BCUT2D eigenvalue weighted by Crippen LogP contribution is 2.35. The Balaban J connectivity index is 1.87. The minimum atomic E-state index is 0.180. The molecule has 2 N–H and O–H groups in total. The van der Waals surface area contributed by atoms with Crippen LogP contribution in [0, 0.1) is 0 Å². The lowest BCUT2D eigenvalue weighted by molar-refractivity contribution is 0.0598. The van der Waals surface area contributed by atoms with Crippen molar-refractivity contribution in [2.75, 3.05) is 26.7 Å². The van der Waals surface area contributed by atoms with Gasteiger partial charge in [-0.3, -0.25) is 4.90 Å². The van der Waals surface area contributed by atoms with E-state index in [1.54, 1.807) is 7.11 Å². The first kappa shape index (κ1) is 13.9. The number of likely N-dealkylation sites (tertiary alicyclic amines) is 1. The van der Waals surface area contributed by atoms with Crippen LogP contribution in [-0.2, 0) is 12.8 Å². The van der Waals surface area contributed by atoms with Gasteiger partial charge in [-0.05, 0) is 68.5 Å². The van der Waals surface area contributed by atoms with Crippen molar-refractivity contribution in [3.05, 3.63) is 29.3 Å². The second-order valence-electron chi connectivity index (χ2n) is 6.29. The standard InChI is InChI=1S/C17H26N2O/c1-20-16-6-5-14-7-8-17(13-18,12-15(14)11-16)19-9-3-2-4-10-19/h5-6,11H,2-4,7-10,12-13,18H2,1H3. The molecule has 1 atom stereocenters. The Morgan fingerprint density at radius 3 is 2.70 bits per heavy atom. The normalized spacial score (nSPS) is 27.1. The Kier molecular flexibility index (Phi) is 3.99. The van der Waals surface area contributed by atoms with Crippen LogP contribution in [0.25, 0.3) is 0 Å². The molecule has 2 aliphatic rings. The van der Waals surface area contributed by atoms with Crippen LogP contribution in [0.3, 0.4) is 0 Å². The number of ether oxygens (including phenoxy) is 1. The van der Waals surface area contributed by atoms with Gasteiger partial charge in [0.15, 0.2) is 0 Å². The number of benzene rings is 1. The fourth-order valence-electron chi connectivity index (χ4n) is 3.89. The fourth-order valence-corrected chi connectivity index (χ4v) is 3.89. The third-order valence-electron chi connectivity index (χ3n) is 5.20. The van der Waals surface area contributed by atoms with E-state index in [9.17, 15) is 0 Å². The van der Waals surface area contributed by atoms with E-state index in [1.165, 1.54) is 49.9 Å². The summed E-state index contributed by atoms with van der Waals surface area (Å²) < 4.78 is 5.38. The van der Waals surface area contributed by atoms with Gasteiger partial charge in [0, 0.05) is 12.1 Å². The molecule has 0 saturated carbocycles. The number of fused-ring (bicyclic) bond motifs is 1. The number of methoxy groups -OCH3 is 1. The number of nitrogens with zero attached hydrogens (tertiary/aromatic N) is 1. The number of hydrogen-bond donors (Lipinski definition) is 1. The van der Waals surface area contributed by atoms with Gasteiger partial charge in [0.05, 0.1) is 7.11 Å². The molecule has 1 aliphatic carbocycles. The molecule has 0 aromatic heterocycles. The minimum Gasteiger partial charge on any atom is -0.497 e. The first-order valence-corrected chi connectivity index (χ1v) is 7.88. The molecule has 3 nitrogen and oxygen atoms in total. The van der Waals surface area contributed by atoms with Gasteiger partial charge in [-0.25, -0.2) is 0 Å². The van der Waals surface area contributed by atoms with Crippen LogP contribution in [-0.4, -0.2) is 37.2 Å². The SMILES string of the molecule is COc1ccc2c(c1)CC(CN)(N1CCCCC1)CC2. The molecule has 0 radical (unpaired) electrons. The molecular weight excluding hydrogens is 248 g/mol. The summed E-state index contributed by atoms with van der Waals surface area (Å²) in [5.41, 5.74) is 9.32. The van der Waals surface area contributed by atoms with E-state index in [0.29, 0.717) is 0 Å². The number of aryl methyl sites for hydroxylation is 1. The van der Waals surface area contributed by atoms with Crippen molar-refractivity contribution in [2.45, 2.75) is 44.1 Å². The van der Waals surface area contributed by atoms with Gasteiger partial charge in [0.1, 0.15) is 5.75 Å². The van der Waals surface area contributed by atoms with Crippen LogP contribution < -0.4 is 10.5 Å². The highest BCUT2D eigenvalue weighted by atomic mass is 16.5. The zero-order valence-corrected chi connectivity index (χ0v) is 12.5. The molecule has 1 fully saturated rings. The molecule has 0 bridgehead atoms. The molecule has 1 aromatic carbocycles. The van der Waals surface area contributed by atoms with Crippen molar-refractivity contribution in [1.29, 1.82) is 0 Å². The Morgan fingerprint density at radius 2 is 2.00 bits per heavy atom. The predicted octanol–water partition coefficient (Wildman–Crippen LogP) is 2.37. The average Bonchev–Trinajstić information content (AvgIpc) is 2.54. The maximum atomic E-state index is 6.22. The lowest BCUT2D eigenvalue weighted by Crippen LogP contribution is -2.58. The van der Waals surface area contributed by atoms with E-state index in [4.69, 9.17) is 10.5 Å². The van der Waals surface area contributed by atoms with Crippen molar-refractivity contribution < 1.29 is 4.74 Å². The van der Waals surface area contributed by atoms with Crippen molar-refractivity contribution >= 4 is 0 Å². The largest absolute Gasteiger partial charge is 0.497 e. The maximum absolute atomic E-state index is 6.22. The van der Waals surface area contributed by atoms with Crippen molar-refractivity contribution in [3.63, 3.8) is 0 Å². The van der Waals surface area contributed by atoms with Gasteiger partial charge in [-0.1, -0.05) is 12.5 Å². The lowest BCUT2D eigenvalue weighted by Gasteiger charge is -2.48. The Bertz CT molecular complexity index is 468. The summed E-state index contributed by atoms with van der Waals surface area (Å²) in [6, 6.07) is 6.52. The Hall–Kier alpha value is -1.06. The molecule has 0 spiro atoms. The van der Waals surface area contributed by atoms with E-state index in [2.05, 4.69) is 23.1 Å². The molecule has 1 unspecified atom stereocenters. The minimum absolute atomic E-state index is 0.180. The van der Waals surface area contributed by atoms with Crippen molar-refractivity contribution in [3.8, 4) is 5.75 Å². The molecule has 1 heterocycles. The number of rotatable bonds is 3. The third kappa shape index (κ3) is 2.45. The number of hydrogen-bond acceptors (Lipinski definition) is 3. The van der Waals surface area contributed by atoms with E-state index in [0.717, 1.165) is 25.1 Å². The smallest absolute Gasteiger partial charge is 0.119 e. The molecule has 110 valence electrons. The highest BCUT2D eigenvalue weighted by Gasteiger charge is 2.39. The van der Waals surface area contributed by atoms with Crippen LogP contribution in [0.5, 0.6) is 5.75 Å². The molecule has 1 aromatic rings. The van der Waals surface area contributed by atoms with Crippen LogP contribution in [0.2, 0.25) is 0 Å². The zero-order chi connectivity index (χ0) is 14.0. The highest BCUT2D eigenvalue weighted by molar-refractivity contribution is 5.39. The van der Waals surface area contributed by atoms with Gasteiger partial charge < -0.3 is 10.5 Å². The van der Waals surface area contributed by atoms with Crippen molar-refractivity contribution in [1.82, 2.24) is 4.90 Å². The molecule has 3 heteroatoms. The average molecular weight is 274 g/mol. The Labute approximate surface area is 122 Å². The van der Waals surface area contributed by atoms with E-state index in [1.807, 2.05) is 0 Å². The fraction of sp³-hybridized carbons (Fsp3) is 0.647. The molecule has 3 rings (SSSR count). The van der Waals surface area contributed by atoms with Crippen molar-refractivity contribution in [2.24, 2.45) is 5.73 Å². The van der Waals surface area contributed by atoms with Gasteiger partial charge in [-0.2, -0.15) is 0 Å². The molecule has 1 saturated heterocycles. The zero-order valence-electron chi connectivity index (χ0n) is 12.5. The summed E-state index contributed by atoms with van der Waals surface area (Å²) in [5.74, 6) is 0.968. The third-order valence-corrected chi connectivity index (χ3v) is 5.20. The van der Waals surface area contributed by atoms with E-state index >= 15 is 0 Å². The summed E-state index contributed by atoms with van der Waals surface area (Å²) in [5, 5.41) is 0. The number of nitrogens with two attached hydrogens (primary N) is 1. The predicted molar refractivity (Wildman–Crippen MR) is 82.2 cm³/mol. The second kappa shape index (κ2) is 5.74. The summed E-state index contributed by atoms with van der Waals surface area (Å²) >= 11 is 0. The maximum Gasteiger partial charge on any atom is 0.119 e.